The minimum absolute atomic E-state index is 0.154. The monoisotopic (exact) mass is 266 g/mol. The average molecular weight is 266 g/mol. The Morgan fingerprint density at radius 1 is 1.50 bits per heavy atom. The molecular weight excluding hydrogens is 256 g/mol. The van der Waals surface area contributed by atoms with E-state index in [0.717, 1.165) is 4.31 Å². The van der Waals surface area contributed by atoms with Gasteiger partial charge >= 0.3 is 5.97 Å². The van der Waals surface area contributed by atoms with Crippen molar-refractivity contribution in [1.82, 2.24) is 0 Å². The molecule has 0 aliphatic carbocycles. The van der Waals surface area contributed by atoms with E-state index in [1.54, 1.807) is 30.3 Å². The molecule has 1 unspecified atom stereocenters. The Balaban J connectivity index is 2.50. The maximum Gasteiger partial charge on any atom is 0.312 e. The van der Waals surface area contributed by atoms with Gasteiger partial charge in [-0.3, -0.25) is 9.10 Å². The van der Waals surface area contributed by atoms with E-state index in [0.29, 0.717) is 11.3 Å². The van der Waals surface area contributed by atoms with Crippen LogP contribution in [0, 0.1) is 11.3 Å². The highest BCUT2D eigenvalue weighted by Gasteiger charge is 2.38. The second-order valence-electron chi connectivity index (χ2n) is 3.90. The SMILES string of the molecule is N#CCS(=O)(=O)N1CC(C(=O)O)c2ccccc21. The number of carbonyl (C=O) groups is 1. The zero-order chi connectivity index (χ0) is 13.3. The molecule has 0 bridgehead atoms. The van der Waals surface area contributed by atoms with Crippen molar-refractivity contribution >= 4 is 21.7 Å². The number of anilines is 1. The molecule has 6 nitrogen and oxygen atoms in total. The third kappa shape index (κ3) is 1.91. The van der Waals surface area contributed by atoms with Gasteiger partial charge in [-0.25, -0.2) is 8.42 Å². The number of hydrogen-bond donors (Lipinski definition) is 1. The maximum atomic E-state index is 11.9. The first kappa shape index (κ1) is 12.4. The number of sulfonamides is 1. The number of nitrogens with zero attached hydrogens (tertiary/aromatic N) is 2. The standard InChI is InChI=1S/C11H10N2O4S/c12-5-6-18(16,17)13-7-9(11(14)15)8-3-1-2-4-10(8)13/h1-4,9H,6-7H2,(H,14,15). The van der Waals surface area contributed by atoms with Crippen LogP contribution in [0.15, 0.2) is 24.3 Å². The molecular formula is C11H10N2O4S. The normalized spacial score (nSPS) is 18.2. The fraction of sp³-hybridized carbons (Fsp3) is 0.273. The van der Waals surface area contributed by atoms with Gasteiger partial charge in [0.15, 0.2) is 5.75 Å². The molecule has 0 fully saturated rings. The van der Waals surface area contributed by atoms with Gasteiger partial charge in [0, 0.05) is 0 Å². The lowest BCUT2D eigenvalue weighted by Crippen LogP contribution is -2.32. The summed E-state index contributed by atoms with van der Waals surface area (Å²) in [7, 11) is -3.78. The molecule has 1 atom stereocenters. The number of nitriles is 1. The third-order valence-corrected chi connectivity index (χ3v) is 4.32. The smallest absolute Gasteiger partial charge is 0.312 e. The predicted molar refractivity (Wildman–Crippen MR) is 63.6 cm³/mol. The van der Waals surface area contributed by atoms with Crippen molar-refractivity contribution in [2.24, 2.45) is 0 Å². The molecule has 0 radical (unpaired) electrons. The van der Waals surface area contributed by atoms with Gasteiger partial charge in [-0.05, 0) is 11.6 Å². The fourth-order valence-electron chi connectivity index (χ4n) is 2.01. The lowest BCUT2D eigenvalue weighted by atomic mass is 10.0. The number of para-hydroxylation sites is 1. The highest BCUT2D eigenvalue weighted by atomic mass is 32.2. The molecule has 94 valence electrons. The summed E-state index contributed by atoms with van der Waals surface area (Å²) in [5.41, 5.74) is 0.812. The summed E-state index contributed by atoms with van der Waals surface area (Å²) >= 11 is 0. The summed E-state index contributed by atoms with van der Waals surface area (Å²) in [5, 5.41) is 17.6. The second-order valence-corrected chi connectivity index (χ2v) is 5.79. The molecule has 0 saturated heterocycles. The van der Waals surface area contributed by atoms with E-state index in [4.69, 9.17) is 10.4 Å². The largest absolute Gasteiger partial charge is 0.481 e. The molecule has 1 aliphatic heterocycles. The van der Waals surface area contributed by atoms with Gasteiger partial charge in [0.05, 0.1) is 18.3 Å². The second kappa shape index (κ2) is 4.31. The Bertz CT molecular complexity index is 633. The number of carboxylic acid groups (broad SMARTS) is 1. The summed E-state index contributed by atoms with van der Waals surface area (Å²) in [4.78, 5) is 11.1. The van der Waals surface area contributed by atoms with E-state index < -0.39 is 27.7 Å². The van der Waals surface area contributed by atoms with Crippen molar-refractivity contribution in [1.29, 1.82) is 5.26 Å². The lowest BCUT2D eigenvalue weighted by molar-refractivity contribution is -0.138. The number of benzene rings is 1. The highest BCUT2D eigenvalue weighted by molar-refractivity contribution is 7.93. The van der Waals surface area contributed by atoms with Gasteiger partial charge in [0.1, 0.15) is 5.92 Å². The van der Waals surface area contributed by atoms with E-state index in [2.05, 4.69) is 0 Å². The van der Waals surface area contributed by atoms with Crippen LogP contribution in [0.5, 0.6) is 0 Å². The van der Waals surface area contributed by atoms with Crippen LogP contribution in [-0.4, -0.2) is 31.8 Å². The highest BCUT2D eigenvalue weighted by Crippen LogP contribution is 2.37. The molecule has 1 aromatic carbocycles. The van der Waals surface area contributed by atoms with E-state index in [1.165, 1.54) is 0 Å². The van der Waals surface area contributed by atoms with Gasteiger partial charge in [0.2, 0.25) is 10.0 Å². The molecule has 2 rings (SSSR count). The van der Waals surface area contributed by atoms with E-state index >= 15 is 0 Å². The lowest BCUT2D eigenvalue weighted by Gasteiger charge is -2.17. The van der Waals surface area contributed by atoms with E-state index in [9.17, 15) is 13.2 Å². The summed E-state index contributed by atoms with van der Waals surface area (Å²) in [5.74, 6) is -2.61. The Labute approximate surface area is 104 Å². The minimum Gasteiger partial charge on any atom is -0.481 e. The molecule has 18 heavy (non-hydrogen) atoms. The predicted octanol–water partition coefficient (Wildman–Crippen LogP) is 0.528. The zero-order valence-electron chi connectivity index (χ0n) is 9.28. The first-order valence-corrected chi connectivity index (χ1v) is 6.77. The quantitative estimate of drug-likeness (QED) is 0.860. The third-order valence-electron chi connectivity index (χ3n) is 2.81. The fourth-order valence-corrected chi connectivity index (χ4v) is 3.17. The number of hydrogen-bond acceptors (Lipinski definition) is 4. The Morgan fingerprint density at radius 3 is 2.78 bits per heavy atom. The Morgan fingerprint density at radius 2 is 2.17 bits per heavy atom. The first-order valence-electron chi connectivity index (χ1n) is 5.16. The van der Waals surface area contributed by atoms with Crippen LogP contribution in [0.3, 0.4) is 0 Å². The molecule has 7 heteroatoms. The number of fused-ring (bicyclic) bond motifs is 1. The van der Waals surface area contributed by atoms with Crippen molar-refractivity contribution in [3.05, 3.63) is 29.8 Å². The Hall–Kier alpha value is -2.07. The van der Waals surface area contributed by atoms with E-state index in [1.807, 2.05) is 0 Å². The van der Waals surface area contributed by atoms with Crippen LogP contribution in [-0.2, 0) is 14.8 Å². The topological polar surface area (TPSA) is 98.5 Å². The molecule has 0 spiro atoms. The molecule has 1 aromatic rings. The molecule has 1 N–H and O–H groups in total. The van der Waals surface area contributed by atoms with E-state index in [-0.39, 0.29) is 6.54 Å². The summed E-state index contributed by atoms with van der Waals surface area (Å²) in [6, 6.07) is 8.02. The Kier molecular flexibility index (Phi) is 2.97. The van der Waals surface area contributed by atoms with Crippen LogP contribution in [0.1, 0.15) is 11.5 Å². The average Bonchev–Trinajstić information content (AvgIpc) is 2.69. The van der Waals surface area contributed by atoms with Crippen molar-refractivity contribution in [3.8, 4) is 6.07 Å². The van der Waals surface area contributed by atoms with Crippen molar-refractivity contribution < 1.29 is 18.3 Å². The molecule has 1 aliphatic rings. The molecule has 0 aromatic heterocycles. The van der Waals surface area contributed by atoms with Crippen LogP contribution in [0.4, 0.5) is 5.69 Å². The first-order chi connectivity index (χ1) is 8.47. The molecule has 0 saturated carbocycles. The van der Waals surface area contributed by atoms with Gasteiger partial charge in [0.25, 0.3) is 0 Å². The zero-order valence-corrected chi connectivity index (χ0v) is 10.1. The van der Waals surface area contributed by atoms with Gasteiger partial charge in [-0.2, -0.15) is 5.26 Å². The summed E-state index contributed by atoms with van der Waals surface area (Å²) < 4.78 is 24.8. The van der Waals surface area contributed by atoms with Crippen LogP contribution in [0.2, 0.25) is 0 Å². The van der Waals surface area contributed by atoms with Gasteiger partial charge < -0.3 is 5.11 Å². The van der Waals surface area contributed by atoms with Crippen LogP contribution in [0.25, 0.3) is 0 Å². The maximum absolute atomic E-state index is 11.9. The van der Waals surface area contributed by atoms with Crippen LogP contribution < -0.4 is 4.31 Å². The van der Waals surface area contributed by atoms with Gasteiger partial charge in [-0.15, -0.1) is 0 Å². The van der Waals surface area contributed by atoms with Gasteiger partial charge in [-0.1, -0.05) is 18.2 Å². The minimum atomic E-state index is -3.78. The van der Waals surface area contributed by atoms with Crippen molar-refractivity contribution in [2.75, 3.05) is 16.6 Å². The molecule has 1 heterocycles. The number of carboxylic acids is 1. The van der Waals surface area contributed by atoms with Crippen molar-refractivity contribution in [3.63, 3.8) is 0 Å². The number of rotatable bonds is 3. The summed E-state index contributed by atoms with van der Waals surface area (Å²) in [6.07, 6.45) is 0. The summed E-state index contributed by atoms with van der Waals surface area (Å²) in [6.45, 7) is -0.154. The molecule has 0 amide bonds. The number of aliphatic carboxylic acids is 1. The van der Waals surface area contributed by atoms with Crippen LogP contribution >= 0.6 is 0 Å². The van der Waals surface area contributed by atoms with Crippen molar-refractivity contribution in [2.45, 2.75) is 5.92 Å².